The van der Waals surface area contributed by atoms with E-state index in [1.165, 1.54) is 26.4 Å². The number of hydrazine groups is 1. The van der Waals surface area contributed by atoms with Crippen molar-refractivity contribution in [1.29, 1.82) is 0 Å². The zero-order chi connectivity index (χ0) is 19.8. The van der Waals surface area contributed by atoms with E-state index in [1.54, 1.807) is 18.2 Å². The minimum Gasteiger partial charge on any atom is -0.496 e. The number of aliphatic hydroxyl groups excluding tert-OH is 2. The van der Waals surface area contributed by atoms with Crippen molar-refractivity contribution in [2.24, 2.45) is 0 Å². The summed E-state index contributed by atoms with van der Waals surface area (Å²) >= 11 is 0. The summed E-state index contributed by atoms with van der Waals surface area (Å²) in [7, 11) is 2.91. The molecule has 0 bridgehead atoms. The van der Waals surface area contributed by atoms with Crippen molar-refractivity contribution < 1.29 is 29.3 Å². The number of nitrogens with one attached hydrogen (secondary N) is 2. The molecule has 0 spiro atoms. The van der Waals surface area contributed by atoms with Crippen LogP contribution in [0.1, 0.15) is 37.4 Å². The highest BCUT2D eigenvalue weighted by atomic mass is 16.5. The Morgan fingerprint density at radius 1 is 1.07 bits per heavy atom. The molecule has 2 aromatic carbocycles. The molecule has 0 aromatic heterocycles. The summed E-state index contributed by atoms with van der Waals surface area (Å²) in [6.07, 6.45) is 0.716. The summed E-state index contributed by atoms with van der Waals surface area (Å²) in [4.78, 5) is 23.6. The molecule has 0 aliphatic heterocycles. The second-order valence-electron chi connectivity index (χ2n) is 5.59. The first kappa shape index (κ1) is 20.4. The van der Waals surface area contributed by atoms with E-state index in [2.05, 4.69) is 10.9 Å². The average molecular weight is 374 g/mol. The van der Waals surface area contributed by atoms with Crippen molar-refractivity contribution in [3.8, 4) is 11.5 Å². The van der Waals surface area contributed by atoms with Gasteiger partial charge in [0.2, 0.25) is 0 Å². The number of methoxy groups -OCH3 is 2. The fraction of sp³-hybridized carbons (Fsp3) is 0.263. The molecular formula is C19H22N2O6. The van der Waals surface area contributed by atoms with Gasteiger partial charge in [-0.1, -0.05) is 12.1 Å². The minimum atomic E-state index is -0.463. The van der Waals surface area contributed by atoms with Crippen LogP contribution >= 0.6 is 0 Å². The van der Waals surface area contributed by atoms with Gasteiger partial charge in [-0.15, -0.1) is 0 Å². The SMILES string of the molecule is COc1cccc(C=O)c1CNNC(=O)c1cc(CO)c(CO)c(OC)c1. The lowest BCUT2D eigenvalue weighted by atomic mass is 10.0. The number of amides is 1. The van der Waals surface area contributed by atoms with Gasteiger partial charge in [-0.2, -0.15) is 0 Å². The lowest BCUT2D eigenvalue weighted by Gasteiger charge is -2.15. The predicted molar refractivity (Wildman–Crippen MR) is 97.5 cm³/mol. The molecule has 0 aliphatic carbocycles. The molecule has 144 valence electrons. The molecule has 0 heterocycles. The Kier molecular flexibility index (Phi) is 7.30. The maximum atomic E-state index is 12.4. The average Bonchev–Trinajstić information content (AvgIpc) is 2.72. The van der Waals surface area contributed by atoms with E-state index in [1.807, 2.05) is 0 Å². The summed E-state index contributed by atoms with van der Waals surface area (Å²) in [5, 5.41) is 18.9. The first-order valence-corrected chi connectivity index (χ1v) is 8.15. The molecule has 0 saturated carbocycles. The number of carbonyl (C=O) groups is 2. The fourth-order valence-electron chi connectivity index (χ4n) is 2.70. The lowest BCUT2D eigenvalue weighted by Crippen LogP contribution is -2.37. The maximum absolute atomic E-state index is 12.4. The standard InChI is InChI=1S/C19H22N2O6/c1-26-17-5-3-4-12(9-22)15(17)8-20-21-19(25)13-6-14(10-23)16(11-24)18(7-13)27-2/h3-7,9,20,23-24H,8,10-11H2,1-2H3,(H,21,25). The quantitative estimate of drug-likeness (QED) is 0.381. The second kappa shape index (κ2) is 9.67. The summed E-state index contributed by atoms with van der Waals surface area (Å²) in [5.74, 6) is 0.370. The highest BCUT2D eigenvalue weighted by molar-refractivity contribution is 5.94. The molecule has 2 aromatic rings. The summed E-state index contributed by atoms with van der Waals surface area (Å²) in [6, 6.07) is 8.03. The van der Waals surface area contributed by atoms with Gasteiger partial charge < -0.3 is 19.7 Å². The Hall–Kier alpha value is -2.94. The molecule has 0 radical (unpaired) electrons. The van der Waals surface area contributed by atoms with Crippen LogP contribution in [0.5, 0.6) is 11.5 Å². The van der Waals surface area contributed by atoms with Gasteiger partial charge in [-0.25, -0.2) is 5.43 Å². The van der Waals surface area contributed by atoms with Crippen LogP contribution in [0.2, 0.25) is 0 Å². The molecule has 0 fully saturated rings. The van der Waals surface area contributed by atoms with Gasteiger partial charge in [0.05, 0.1) is 27.4 Å². The molecular weight excluding hydrogens is 352 g/mol. The van der Waals surface area contributed by atoms with E-state index < -0.39 is 5.91 Å². The van der Waals surface area contributed by atoms with E-state index in [4.69, 9.17) is 9.47 Å². The van der Waals surface area contributed by atoms with Crippen LogP contribution in [-0.4, -0.2) is 36.6 Å². The molecule has 27 heavy (non-hydrogen) atoms. The third-order valence-corrected chi connectivity index (χ3v) is 4.10. The van der Waals surface area contributed by atoms with Crippen molar-refractivity contribution in [3.05, 3.63) is 58.1 Å². The number of aliphatic hydroxyl groups is 2. The van der Waals surface area contributed by atoms with E-state index in [0.29, 0.717) is 40.0 Å². The topological polar surface area (TPSA) is 117 Å². The zero-order valence-electron chi connectivity index (χ0n) is 15.1. The summed E-state index contributed by atoms with van der Waals surface area (Å²) < 4.78 is 10.4. The Balaban J connectivity index is 2.14. The third kappa shape index (κ3) is 4.62. The van der Waals surface area contributed by atoms with Gasteiger partial charge in [0.15, 0.2) is 6.29 Å². The zero-order valence-corrected chi connectivity index (χ0v) is 15.1. The number of benzene rings is 2. The second-order valence-corrected chi connectivity index (χ2v) is 5.59. The summed E-state index contributed by atoms with van der Waals surface area (Å²) in [6.45, 7) is -0.491. The van der Waals surface area contributed by atoms with Gasteiger partial charge in [-0.05, 0) is 23.8 Å². The van der Waals surface area contributed by atoms with Crippen molar-refractivity contribution in [3.63, 3.8) is 0 Å². The Bertz CT molecular complexity index is 797. The number of aldehydes is 1. The first-order chi connectivity index (χ1) is 13.1. The van der Waals surface area contributed by atoms with Crippen molar-refractivity contribution in [2.75, 3.05) is 14.2 Å². The van der Waals surface area contributed by atoms with Gasteiger partial charge in [0.1, 0.15) is 11.5 Å². The van der Waals surface area contributed by atoms with E-state index in [9.17, 15) is 19.8 Å². The molecule has 0 saturated heterocycles. The van der Waals surface area contributed by atoms with E-state index in [0.717, 1.165) is 0 Å². The van der Waals surface area contributed by atoms with Crippen LogP contribution in [0, 0.1) is 0 Å². The van der Waals surface area contributed by atoms with Crippen molar-refractivity contribution in [2.45, 2.75) is 19.8 Å². The number of hydrogen-bond acceptors (Lipinski definition) is 7. The lowest BCUT2D eigenvalue weighted by molar-refractivity contribution is 0.0931. The van der Waals surface area contributed by atoms with Crippen molar-refractivity contribution >= 4 is 12.2 Å². The highest BCUT2D eigenvalue weighted by Crippen LogP contribution is 2.25. The Morgan fingerprint density at radius 3 is 2.41 bits per heavy atom. The van der Waals surface area contributed by atoms with Crippen LogP contribution in [0.15, 0.2) is 30.3 Å². The maximum Gasteiger partial charge on any atom is 0.265 e. The number of carbonyl (C=O) groups excluding carboxylic acids is 2. The van der Waals surface area contributed by atoms with Gasteiger partial charge in [0, 0.05) is 28.8 Å². The molecule has 0 aliphatic rings. The van der Waals surface area contributed by atoms with Crippen LogP contribution in [-0.2, 0) is 19.8 Å². The molecule has 1 amide bonds. The first-order valence-electron chi connectivity index (χ1n) is 8.15. The molecule has 8 nitrogen and oxygen atoms in total. The number of ether oxygens (including phenoxy) is 2. The monoisotopic (exact) mass is 374 g/mol. The van der Waals surface area contributed by atoms with Crippen molar-refractivity contribution in [1.82, 2.24) is 10.9 Å². The van der Waals surface area contributed by atoms with Gasteiger partial charge in [-0.3, -0.25) is 15.0 Å². The minimum absolute atomic E-state index is 0.169. The van der Waals surface area contributed by atoms with E-state index in [-0.39, 0.29) is 25.3 Å². The molecule has 8 heteroatoms. The smallest absolute Gasteiger partial charge is 0.265 e. The Labute approximate surface area is 156 Å². The number of hydrogen-bond donors (Lipinski definition) is 4. The normalized spacial score (nSPS) is 10.4. The largest absolute Gasteiger partial charge is 0.496 e. The third-order valence-electron chi connectivity index (χ3n) is 4.10. The Morgan fingerprint density at radius 2 is 1.81 bits per heavy atom. The molecule has 2 rings (SSSR count). The van der Waals surface area contributed by atoms with Crippen LogP contribution < -0.4 is 20.3 Å². The molecule has 0 atom stereocenters. The van der Waals surface area contributed by atoms with Crippen LogP contribution in [0.4, 0.5) is 0 Å². The van der Waals surface area contributed by atoms with Crippen LogP contribution in [0.3, 0.4) is 0 Å². The summed E-state index contributed by atoms with van der Waals surface area (Å²) in [5.41, 5.74) is 7.42. The highest BCUT2D eigenvalue weighted by Gasteiger charge is 2.15. The molecule has 4 N–H and O–H groups in total. The van der Waals surface area contributed by atoms with Gasteiger partial charge in [0.25, 0.3) is 5.91 Å². The predicted octanol–water partition coefficient (Wildman–Crippen LogP) is 0.936. The number of rotatable bonds is 9. The fourth-order valence-corrected chi connectivity index (χ4v) is 2.70. The molecule has 0 unspecified atom stereocenters. The van der Waals surface area contributed by atoms with Gasteiger partial charge >= 0.3 is 0 Å². The van der Waals surface area contributed by atoms with E-state index >= 15 is 0 Å². The van der Waals surface area contributed by atoms with Crippen LogP contribution in [0.25, 0.3) is 0 Å².